The molecular formula is C10H16O4. The van der Waals surface area contributed by atoms with Crippen molar-refractivity contribution >= 4 is 5.97 Å². The summed E-state index contributed by atoms with van der Waals surface area (Å²) in [5, 5.41) is 27.4. The summed E-state index contributed by atoms with van der Waals surface area (Å²) < 4.78 is 0. The monoisotopic (exact) mass is 200 g/mol. The topological polar surface area (TPSA) is 77.8 Å². The number of aliphatic hydroxyl groups excluding tert-OH is 1. The molecule has 0 aromatic carbocycles. The van der Waals surface area contributed by atoms with Gasteiger partial charge in [0.05, 0.1) is 12.2 Å². The highest BCUT2D eigenvalue weighted by Gasteiger charge is 2.32. The second-order valence-corrected chi connectivity index (χ2v) is 4.02. The zero-order valence-corrected chi connectivity index (χ0v) is 8.23. The minimum absolute atomic E-state index is 0.0457. The van der Waals surface area contributed by atoms with Gasteiger partial charge in [-0.3, -0.25) is 0 Å². The van der Waals surface area contributed by atoms with Crippen molar-refractivity contribution in [1.29, 1.82) is 0 Å². The van der Waals surface area contributed by atoms with Gasteiger partial charge in [-0.2, -0.15) is 0 Å². The van der Waals surface area contributed by atoms with Gasteiger partial charge in [0.25, 0.3) is 0 Å². The van der Waals surface area contributed by atoms with Gasteiger partial charge < -0.3 is 15.3 Å². The van der Waals surface area contributed by atoms with Gasteiger partial charge in [-0.25, -0.2) is 4.79 Å². The van der Waals surface area contributed by atoms with Crippen molar-refractivity contribution in [2.75, 3.05) is 6.61 Å². The Morgan fingerprint density at radius 3 is 2.71 bits per heavy atom. The van der Waals surface area contributed by atoms with Crippen LogP contribution in [0.3, 0.4) is 0 Å². The molecule has 0 saturated heterocycles. The molecule has 14 heavy (non-hydrogen) atoms. The van der Waals surface area contributed by atoms with Gasteiger partial charge in [0.1, 0.15) is 0 Å². The fourth-order valence-electron chi connectivity index (χ4n) is 1.72. The molecule has 1 rings (SSSR count). The molecule has 0 radical (unpaired) electrons. The zero-order valence-electron chi connectivity index (χ0n) is 8.23. The summed E-state index contributed by atoms with van der Waals surface area (Å²) in [6, 6.07) is 0. The Morgan fingerprint density at radius 1 is 1.71 bits per heavy atom. The summed E-state index contributed by atoms with van der Waals surface area (Å²) in [4.78, 5) is 10.6. The zero-order chi connectivity index (χ0) is 10.8. The Morgan fingerprint density at radius 2 is 2.36 bits per heavy atom. The number of aliphatic hydroxyl groups is 2. The maximum absolute atomic E-state index is 10.6. The first-order valence-electron chi connectivity index (χ1n) is 4.73. The van der Waals surface area contributed by atoms with E-state index >= 15 is 0 Å². The van der Waals surface area contributed by atoms with Crippen LogP contribution in [-0.2, 0) is 4.79 Å². The number of hydrogen-bond donors (Lipinski definition) is 3. The molecule has 4 heteroatoms. The van der Waals surface area contributed by atoms with Crippen LogP contribution in [-0.4, -0.2) is 33.5 Å². The number of carbonyl (C=O) groups is 1. The van der Waals surface area contributed by atoms with Crippen LogP contribution in [0.25, 0.3) is 0 Å². The maximum atomic E-state index is 10.6. The average Bonchev–Trinajstić information content (AvgIpc) is 2.18. The summed E-state index contributed by atoms with van der Waals surface area (Å²) in [5.41, 5.74) is -0.685. The lowest BCUT2D eigenvalue weighted by molar-refractivity contribution is -0.133. The Kier molecular flexibility index (Phi) is 3.29. The second-order valence-electron chi connectivity index (χ2n) is 4.02. The first-order chi connectivity index (χ1) is 6.47. The van der Waals surface area contributed by atoms with Crippen LogP contribution in [0, 0.1) is 5.92 Å². The molecule has 1 unspecified atom stereocenters. The average molecular weight is 200 g/mol. The minimum atomic E-state index is -1.10. The Hall–Kier alpha value is -0.870. The fourth-order valence-corrected chi connectivity index (χ4v) is 1.72. The lowest BCUT2D eigenvalue weighted by atomic mass is 9.79. The van der Waals surface area contributed by atoms with E-state index in [4.69, 9.17) is 10.2 Å². The third-order valence-corrected chi connectivity index (χ3v) is 2.89. The molecule has 0 spiro atoms. The van der Waals surface area contributed by atoms with E-state index in [1.807, 2.05) is 0 Å². The van der Waals surface area contributed by atoms with Gasteiger partial charge in [-0.15, -0.1) is 0 Å². The summed E-state index contributed by atoms with van der Waals surface area (Å²) in [5.74, 6) is -0.928. The molecule has 0 amide bonds. The van der Waals surface area contributed by atoms with E-state index in [1.165, 1.54) is 0 Å². The quantitative estimate of drug-likeness (QED) is 0.621. The SMILES string of the molecule is C[C@](O)(CO)C1CC=C(C(=O)O)CC1. The number of aliphatic carboxylic acids is 1. The highest BCUT2D eigenvalue weighted by molar-refractivity contribution is 5.86. The Bertz CT molecular complexity index is 255. The smallest absolute Gasteiger partial charge is 0.331 e. The van der Waals surface area contributed by atoms with Crippen molar-refractivity contribution in [3.05, 3.63) is 11.6 Å². The molecule has 1 aliphatic carbocycles. The number of rotatable bonds is 3. The first-order valence-corrected chi connectivity index (χ1v) is 4.73. The third-order valence-electron chi connectivity index (χ3n) is 2.89. The van der Waals surface area contributed by atoms with Gasteiger partial charge in [-0.1, -0.05) is 6.08 Å². The molecule has 0 aromatic heterocycles. The second kappa shape index (κ2) is 4.11. The van der Waals surface area contributed by atoms with Gasteiger partial charge >= 0.3 is 5.97 Å². The fraction of sp³-hybridized carbons (Fsp3) is 0.700. The molecule has 0 bridgehead atoms. The van der Waals surface area contributed by atoms with Crippen molar-refractivity contribution in [2.24, 2.45) is 5.92 Å². The summed E-state index contributed by atoms with van der Waals surface area (Å²) in [6.45, 7) is 1.30. The van der Waals surface area contributed by atoms with E-state index in [1.54, 1.807) is 13.0 Å². The van der Waals surface area contributed by atoms with Crippen molar-refractivity contribution in [3.8, 4) is 0 Å². The molecular weight excluding hydrogens is 184 g/mol. The molecule has 0 aliphatic heterocycles. The highest BCUT2D eigenvalue weighted by atomic mass is 16.4. The molecule has 0 heterocycles. The van der Waals surface area contributed by atoms with E-state index < -0.39 is 11.6 Å². The van der Waals surface area contributed by atoms with Crippen molar-refractivity contribution < 1.29 is 20.1 Å². The first kappa shape index (κ1) is 11.2. The maximum Gasteiger partial charge on any atom is 0.331 e. The van der Waals surface area contributed by atoms with E-state index in [0.29, 0.717) is 24.8 Å². The van der Waals surface area contributed by atoms with Crippen molar-refractivity contribution in [2.45, 2.75) is 31.8 Å². The number of carboxylic acid groups (broad SMARTS) is 1. The molecule has 0 fully saturated rings. The molecule has 4 nitrogen and oxygen atoms in total. The van der Waals surface area contributed by atoms with Crippen molar-refractivity contribution in [1.82, 2.24) is 0 Å². The Labute approximate surface area is 82.9 Å². The summed E-state index contributed by atoms with van der Waals surface area (Å²) in [6.07, 6.45) is 3.25. The van der Waals surface area contributed by atoms with Crippen molar-refractivity contribution in [3.63, 3.8) is 0 Å². The molecule has 0 aromatic rings. The van der Waals surface area contributed by atoms with Crippen LogP contribution in [0.15, 0.2) is 11.6 Å². The van der Waals surface area contributed by atoms with E-state index in [9.17, 15) is 9.90 Å². The van der Waals surface area contributed by atoms with Gasteiger partial charge in [0, 0.05) is 5.57 Å². The lowest BCUT2D eigenvalue weighted by Crippen LogP contribution is -2.39. The summed E-state index contributed by atoms with van der Waals surface area (Å²) >= 11 is 0. The third kappa shape index (κ3) is 2.33. The van der Waals surface area contributed by atoms with Gasteiger partial charge in [-0.05, 0) is 32.1 Å². The normalized spacial score (nSPS) is 26.5. The standard InChI is InChI=1S/C10H16O4/c1-10(14,6-11)8-4-2-7(3-5-8)9(12)13/h2,8,11,14H,3-6H2,1H3,(H,12,13)/t8?,10-/m0/s1. The number of hydrogen-bond acceptors (Lipinski definition) is 3. The van der Waals surface area contributed by atoms with Gasteiger partial charge in [0.15, 0.2) is 0 Å². The van der Waals surface area contributed by atoms with Crippen LogP contribution in [0.1, 0.15) is 26.2 Å². The van der Waals surface area contributed by atoms with Crippen LogP contribution in [0.2, 0.25) is 0 Å². The van der Waals surface area contributed by atoms with E-state index in [2.05, 4.69) is 0 Å². The molecule has 80 valence electrons. The van der Waals surface area contributed by atoms with Crippen LogP contribution in [0.5, 0.6) is 0 Å². The number of carboxylic acids is 1. The molecule has 1 aliphatic rings. The van der Waals surface area contributed by atoms with Crippen LogP contribution in [0.4, 0.5) is 0 Å². The minimum Gasteiger partial charge on any atom is -0.478 e. The highest BCUT2D eigenvalue weighted by Crippen LogP contribution is 2.31. The summed E-state index contributed by atoms with van der Waals surface area (Å²) in [7, 11) is 0. The van der Waals surface area contributed by atoms with Gasteiger partial charge in [0.2, 0.25) is 0 Å². The molecule has 3 N–H and O–H groups in total. The largest absolute Gasteiger partial charge is 0.478 e. The number of allylic oxidation sites excluding steroid dienone is 1. The van der Waals surface area contributed by atoms with E-state index in [0.717, 1.165) is 0 Å². The molecule has 2 atom stereocenters. The molecule has 0 saturated carbocycles. The predicted molar refractivity (Wildman–Crippen MR) is 50.8 cm³/mol. The van der Waals surface area contributed by atoms with Crippen LogP contribution >= 0.6 is 0 Å². The van der Waals surface area contributed by atoms with E-state index in [-0.39, 0.29) is 12.5 Å². The Balaban J connectivity index is 2.63. The lowest BCUT2D eigenvalue weighted by Gasteiger charge is -2.32. The van der Waals surface area contributed by atoms with Crippen LogP contribution < -0.4 is 0 Å². The predicted octanol–water partition coefficient (Wildman–Crippen LogP) is 0.541.